The highest BCUT2D eigenvalue weighted by molar-refractivity contribution is 5.95. The van der Waals surface area contributed by atoms with Gasteiger partial charge in [0.2, 0.25) is 0 Å². The molecular formula is C13H19N3O. The Kier molecular flexibility index (Phi) is 3.31. The quantitative estimate of drug-likeness (QED) is 0.850. The predicted octanol–water partition coefficient (Wildman–Crippen LogP) is 2.07. The molecule has 2 N–H and O–H groups in total. The maximum atomic E-state index is 12.4. The largest absolute Gasteiger partial charge is 0.384 e. The summed E-state index contributed by atoms with van der Waals surface area (Å²) in [7, 11) is 0. The van der Waals surface area contributed by atoms with E-state index in [0.29, 0.717) is 23.5 Å². The van der Waals surface area contributed by atoms with Gasteiger partial charge in [0.05, 0.1) is 0 Å². The van der Waals surface area contributed by atoms with Crippen molar-refractivity contribution < 1.29 is 4.79 Å². The van der Waals surface area contributed by atoms with E-state index in [-0.39, 0.29) is 5.91 Å². The third kappa shape index (κ3) is 2.25. The minimum absolute atomic E-state index is 0.0796. The van der Waals surface area contributed by atoms with Crippen LogP contribution in [0.5, 0.6) is 0 Å². The van der Waals surface area contributed by atoms with Crippen molar-refractivity contribution in [3.8, 4) is 0 Å². The number of nitrogen functional groups attached to an aromatic ring is 1. The number of hydrogen-bond acceptors (Lipinski definition) is 3. The van der Waals surface area contributed by atoms with Gasteiger partial charge in [-0.1, -0.05) is 6.92 Å². The molecule has 0 saturated carbocycles. The molecule has 92 valence electrons. The summed E-state index contributed by atoms with van der Waals surface area (Å²) in [6.07, 6.45) is 4.79. The summed E-state index contributed by atoms with van der Waals surface area (Å²) in [5.74, 6) is 0.478. The molecule has 4 heteroatoms. The molecule has 0 aromatic carbocycles. The highest BCUT2D eigenvalue weighted by atomic mass is 16.2. The summed E-state index contributed by atoms with van der Waals surface area (Å²) in [6.45, 7) is 4.24. The maximum Gasteiger partial charge on any atom is 0.254 e. The van der Waals surface area contributed by atoms with E-state index in [0.717, 1.165) is 19.3 Å². The Labute approximate surface area is 102 Å². The lowest BCUT2D eigenvalue weighted by Gasteiger charge is -2.28. The molecule has 2 unspecified atom stereocenters. The van der Waals surface area contributed by atoms with Crippen LogP contribution in [0.3, 0.4) is 0 Å². The Hall–Kier alpha value is -1.58. The van der Waals surface area contributed by atoms with Gasteiger partial charge in [-0.25, -0.2) is 4.98 Å². The number of carbonyl (C=O) groups excluding carboxylic acids is 1. The van der Waals surface area contributed by atoms with Crippen molar-refractivity contribution in [1.82, 2.24) is 9.88 Å². The Morgan fingerprint density at radius 1 is 1.59 bits per heavy atom. The second kappa shape index (κ2) is 4.73. The summed E-state index contributed by atoms with van der Waals surface area (Å²) in [5.41, 5.74) is 6.26. The molecule has 1 aliphatic rings. The summed E-state index contributed by atoms with van der Waals surface area (Å²) < 4.78 is 0. The van der Waals surface area contributed by atoms with E-state index in [1.54, 1.807) is 18.3 Å². The SMILES string of the molecule is CCC1CCC(C)N1C(=O)c1ccnc(N)c1. The first kappa shape index (κ1) is 11.9. The summed E-state index contributed by atoms with van der Waals surface area (Å²) in [6, 6.07) is 4.07. The molecule has 2 heterocycles. The van der Waals surface area contributed by atoms with Gasteiger partial charge < -0.3 is 10.6 Å². The lowest BCUT2D eigenvalue weighted by atomic mass is 10.1. The van der Waals surface area contributed by atoms with Gasteiger partial charge in [0.15, 0.2) is 0 Å². The second-order valence-electron chi connectivity index (χ2n) is 4.67. The zero-order valence-corrected chi connectivity index (χ0v) is 10.4. The molecule has 0 bridgehead atoms. The molecule has 1 amide bonds. The molecule has 0 aliphatic carbocycles. The third-order valence-electron chi connectivity index (χ3n) is 3.52. The first-order chi connectivity index (χ1) is 8.13. The number of pyridine rings is 1. The number of amides is 1. The Morgan fingerprint density at radius 3 is 3.00 bits per heavy atom. The summed E-state index contributed by atoms with van der Waals surface area (Å²) in [4.78, 5) is 18.3. The van der Waals surface area contributed by atoms with Gasteiger partial charge in [-0.15, -0.1) is 0 Å². The summed E-state index contributed by atoms with van der Waals surface area (Å²) in [5, 5.41) is 0. The van der Waals surface area contributed by atoms with E-state index < -0.39 is 0 Å². The Bertz CT molecular complexity index is 419. The number of nitrogens with zero attached hydrogens (tertiary/aromatic N) is 2. The zero-order valence-electron chi connectivity index (χ0n) is 10.4. The highest BCUT2D eigenvalue weighted by Gasteiger charge is 2.33. The number of carbonyl (C=O) groups is 1. The molecule has 1 fully saturated rings. The summed E-state index contributed by atoms with van der Waals surface area (Å²) >= 11 is 0. The lowest BCUT2D eigenvalue weighted by Crippen LogP contribution is -2.39. The standard InChI is InChI=1S/C13H19N3O/c1-3-11-5-4-9(2)16(11)13(17)10-6-7-15-12(14)8-10/h6-9,11H,3-5H2,1-2H3,(H2,14,15). The van der Waals surface area contributed by atoms with Crippen LogP contribution in [0.2, 0.25) is 0 Å². The monoisotopic (exact) mass is 233 g/mol. The predicted molar refractivity (Wildman–Crippen MR) is 67.6 cm³/mol. The van der Waals surface area contributed by atoms with Crippen molar-refractivity contribution in [2.24, 2.45) is 0 Å². The third-order valence-corrected chi connectivity index (χ3v) is 3.52. The molecule has 17 heavy (non-hydrogen) atoms. The van der Waals surface area contributed by atoms with Crippen molar-refractivity contribution in [3.05, 3.63) is 23.9 Å². The fraction of sp³-hybridized carbons (Fsp3) is 0.538. The minimum Gasteiger partial charge on any atom is -0.384 e. The second-order valence-corrected chi connectivity index (χ2v) is 4.67. The van der Waals surface area contributed by atoms with Crippen LogP contribution in [0, 0.1) is 0 Å². The van der Waals surface area contributed by atoms with Gasteiger partial charge in [-0.2, -0.15) is 0 Å². The van der Waals surface area contributed by atoms with E-state index in [1.165, 1.54) is 0 Å². The average Bonchev–Trinajstić information content (AvgIpc) is 2.69. The van der Waals surface area contributed by atoms with Crippen LogP contribution in [0.25, 0.3) is 0 Å². The van der Waals surface area contributed by atoms with Gasteiger partial charge >= 0.3 is 0 Å². The van der Waals surface area contributed by atoms with Gasteiger partial charge in [-0.3, -0.25) is 4.79 Å². The van der Waals surface area contributed by atoms with E-state index in [4.69, 9.17) is 5.73 Å². The molecule has 1 aromatic rings. The average molecular weight is 233 g/mol. The van der Waals surface area contributed by atoms with Gasteiger partial charge in [0.1, 0.15) is 5.82 Å². The normalized spacial score (nSPS) is 24.0. The van der Waals surface area contributed by atoms with Crippen molar-refractivity contribution in [3.63, 3.8) is 0 Å². The first-order valence-electron chi connectivity index (χ1n) is 6.17. The van der Waals surface area contributed by atoms with Gasteiger partial charge in [0, 0.05) is 23.8 Å². The number of anilines is 1. The smallest absolute Gasteiger partial charge is 0.254 e. The van der Waals surface area contributed by atoms with Crippen LogP contribution in [0.4, 0.5) is 5.82 Å². The number of nitrogens with two attached hydrogens (primary N) is 1. The van der Waals surface area contributed by atoms with Gasteiger partial charge in [0.25, 0.3) is 5.91 Å². The van der Waals surface area contributed by atoms with E-state index in [9.17, 15) is 4.79 Å². The fourth-order valence-electron chi connectivity index (χ4n) is 2.57. The molecule has 1 aromatic heterocycles. The van der Waals surface area contributed by atoms with Crippen molar-refractivity contribution >= 4 is 11.7 Å². The van der Waals surface area contributed by atoms with Crippen molar-refractivity contribution in [2.45, 2.75) is 45.2 Å². The molecule has 0 radical (unpaired) electrons. The highest BCUT2D eigenvalue weighted by Crippen LogP contribution is 2.27. The van der Waals surface area contributed by atoms with Crippen LogP contribution in [-0.4, -0.2) is 27.9 Å². The topological polar surface area (TPSA) is 59.2 Å². The molecular weight excluding hydrogens is 214 g/mol. The van der Waals surface area contributed by atoms with Crippen LogP contribution < -0.4 is 5.73 Å². The Balaban J connectivity index is 2.24. The van der Waals surface area contributed by atoms with Crippen LogP contribution in [0.15, 0.2) is 18.3 Å². The fourth-order valence-corrected chi connectivity index (χ4v) is 2.57. The molecule has 2 atom stereocenters. The maximum absolute atomic E-state index is 12.4. The first-order valence-corrected chi connectivity index (χ1v) is 6.17. The van der Waals surface area contributed by atoms with E-state index >= 15 is 0 Å². The minimum atomic E-state index is 0.0796. The van der Waals surface area contributed by atoms with Crippen LogP contribution in [0.1, 0.15) is 43.5 Å². The molecule has 0 spiro atoms. The number of likely N-dealkylation sites (tertiary alicyclic amines) is 1. The van der Waals surface area contributed by atoms with Crippen LogP contribution >= 0.6 is 0 Å². The van der Waals surface area contributed by atoms with Crippen molar-refractivity contribution in [1.29, 1.82) is 0 Å². The van der Waals surface area contributed by atoms with Crippen molar-refractivity contribution in [2.75, 3.05) is 5.73 Å². The number of rotatable bonds is 2. The Morgan fingerprint density at radius 2 is 2.35 bits per heavy atom. The molecule has 4 nitrogen and oxygen atoms in total. The van der Waals surface area contributed by atoms with Gasteiger partial charge in [-0.05, 0) is 38.3 Å². The molecule has 1 saturated heterocycles. The molecule has 1 aliphatic heterocycles. The van der Waals surface area contributed by atoms with E-state index in [1.807, 2.05) is 4.90 Å². The molecule has 2 rings (SSSR count). The number of hydrogen-bond donors (Lipinski definition) is 1. The van der Waals surface area contributed by atoms with Crippen LogP contribution in [-0.2, 0) is 0 Å². The number of aromatic nitrogens is 1. The zero-order chi connectivity index (χ0) is 12.4. The lowest BCUT2D eigenvalue weighted by molar-refractivity contribution is 0.0676. The van der Waals surface area contributed by atoms with E-state index in [2.05, 4.69) is 18.8 Å².